The first kappa shape index (κ1) is 52.4. The number of fused-ring (bicyclic) bond motifs is 6. The summed E-state index contributed by atoms with van der Waals surface area (Å²) >= 11 is 5.84. The Bertz CT molecular complexity index is 2740. The van der Waals surface area contributed by atoms with E-state index in [2.05, 4.69) is 15.0 Å². The molecule has 2 aromatic heterocycles. The van der Waals surface area contributed by atoms with Crippen molar-refractivity contribution in [2.24, 2.45) is 28.6 Å². The Kier molecular flexibility index (Phi) is 15.0. The number of aromatic amines is 1. The molecule has 1 aliphatic heterocycles. The summed E-state index contributed by atoms with van der Waals surface area (Å²) < 4.78 is 35.1. The van der Waals surface area contributed by atoms with Crippen molar-refractivity contribution in [1.82, 2.24) is 19.5 Å². The Hall–Kier alpha value is -5.43. The first-order valence-electron chi connectivity index (χ1n) is 23.6. The molecule has 9 rings (SSSR count). The fourth-order valence-electron chi connectivity index (χ4n) is 11.5. The summed E-state index contributed by atoms with van der Waals surface area (Å²) in [7, 11) is 0. The molecule has 70 heavy (non-hydrogen) atoms. The zero-order valence-electron chi connectivity index (χ0n) is 40.4. The van der Waals surface area contributed by atoms with Crippen LogP contribution in [0, 0.1) is 28.6 Å². The normalized spacial score (nSPS) is 31.0. The second-order valence-corrected chi connectivity index (χ2v) is 20.6. The van der Waals surface area contributed by atoms with E-state index in [1.807, 2.05) is 0 Å². The number of aliphatic hydroxyl groups excluding tert-OH is 3. The summed E-state index contributed by atoms with van der Waals surface area (Å²) in [6.07, 6.45) is 8.36. The van der Waals surface area contributed by atoms with Crippen molar-refractivity contribution in [3.8, 4) is 5.75 Å². The van der Waals surface area contributed by atoms with Gasteiger partial charge in [0, 0.05) is 32.9 Å². The van der Waals surface area contributed by atoms with Gasteiger partial charge < -0.3 is 39.6 Å². The number of hydrogen-bond acceptors (Lipinski definition) is 14. The monoisotopic (exact) mass is 988 g/mol. The lowest BCUT2D eigenvalue weighted by atomic mass is 9.44. The van der Waals surface area contributed by atoms with Gasteiger partial charge >= 0.3 is 5.97 Å². The molecule has 0 unspecified atom stereocenters. The first-order valence-corrected chi connectivity index (χ1v) is 24.0. The van der Waals surface area contributed by atoms with Gasteiger partial charge in [0.15, 0.2) is 39.8 Å². The van der Waals surface area contributed by atoms with Gasteiger partial charge in [-0.15, -0.1) is 0 Å². The molecule has 16 nitrogen and oxygen atoms in total. The Balaban J connectivity index is 0.000000159. The summed E-state index contributed by atoms with van der Waals surface area (Å²) in [5.41, 5.74) is -4.65. The largest absolute Gasteiger partial charge is 0.476 e. The predicted molar refractivity (Wildman–Crippen MR) is 256 cm³/mol. The van der Waals surface area contributed by atoms with E-state index in [-0.39, 0.29) is 54.5 Å². The molecule has 0 amide bonds. The van der Waals surface area contributed by atoms with Gasteiger partial charge in [0.25, 0.3) is 5.56 Å². The van der Waals surface area contributed by atoms with Crippen LogP contribution >= 0.6 is 11.6 Å². The minimum atomic E-state index is -1.98. The van der Waals surface area contributed by atoms with Crippen LogP contribution in [-0.4, -0.2) is 112 Å². The lowest BCUT2D eigenvalue weighted by Crippen LogP contribution is -2.69. The lowest BCUT2D eigenvalue weighted by Gasteiger charge is -2.62. The van der Waals surface area contributed by atoms with Crippen LogP contribution in [0.5, 0.6) is 5.75 Å². The van der Waals surface area contributed by atoms with Gasteiger partial charge in [0.05, 0.1) is 37.6 Å². The van der Waals surface area contributed by atoms with E-state index in [1.54, 1.807) is 114 Å². The van der Waals surface area contributed by atoms with E-state index in [0.717, 1.165) is 12.8 Å². The third kappa shape index (κ3) is 9.32. The Labute approximate surface area is 409 Å². The minimum Gasteiger partial charge on any atom is -0.476 e. The van der Waals surface area contributed by atoms with Gasteiger partial charge in [-0.05, 0) is 146 Å². The van der Waals surface area contributed by atoms with Crippen LogP contribution < -0.4 is 10.3 Å². The average Bonchev–Trinajstić information content (AvgIpc) is 4.03. The van der Waals surface area contributed by atoms with Gasteiger partial charge in [-0.3, -0.25) is 23.7 Å². The number of aliphatic hydroxyl groups is 4. The molecule has 3 saturated carbocycles. The van der Waals surface area contributed by atoms with Crippen LogP contribution in [0.1, 0.15) is 109 Å². The second-order valence-electron chi connectivity index (χ2n) is 20.2. The van der Waals surface area contributed by atoms with Crippen molar-refractivity contribution in [3.63, 3.8) is 0 Å². The van der Waals surface area contributed by atoms with Crippen LogP contribution in [0.15, 0.2) is 89.8 Å². The van der Waals surface area contributed by atoms with Gasteiger partial charge in [-0.25, -0.2) is 19.2 Å². The number of ether oxygens (including phenoxy) is 3. The molecule has 10 atom stereocenters. The zero-order valence-corrected chi connectivity index (χ0v) is 41.1. The molecule has 5 aliphatic rings. The molecule has 2 aromatic carbocycles. The van der Waals surface area contributed by atoms with Crippen molar-refractivity contribution in [3.05, 3.63) is 111 Å². The number of nitrogens with one attached hydrogen (secondary N) is 1. The van der Waals surface area contributed by atoms with Crippen LogP contribution in [0.4, 0.5) is 4.39 Å². The Morgan fingerprint density at radius 1 is 1.00 bits per heavy atom. The fraction of sp³-hybridized carbons (Fsp3) is 0.519. The number of allylic oxidation sites excluding steroid dienone is 4. The summed E-state index contributed by atoms with van der Waals surface area (Å²) in [5, 5.41) is 41.6. The number of esters is 1. The van der Waals surface area contributed by atoms with Crippen LogP contribution in [0.25, 0.3) is 11.2 Å². The molecule has 4 aliphatic carbocycles. The van der Waals surface area contributed by atoms with Gasteiger partial charge in [0.2, 0.25) is 0 Å². The van der Waals surface area contributed by atoms with Gasteiger partial charge in [-0.2, -0.15) is 0 Å². The molecule has 376 valence electrons. The van der Waals surface area contributed by atoms with E-state index in [9.17, 15) is 39.3 Å². The number of benzene rings is 2. The highest BCUT2D eigenvalue weighted by atomic mass is 35.5. The topological polar surface area (TPSA) is 240 Å². The summed E-state index contributed by atoms with van der Waals surface area (Å²) in [6, 6.07) is 13.4. The number of nitrogens with zero attached hydrogens (tertiary/aromatic N) is 3. The number of aromatic nitrogens is 4. The number of H-pyrrole nitrogens is 1. The van der Waals surface area contributed by atoms with Crippen molar-refractivity contribution in [2.75, 3.05) is 13.2 Å². The molecule has 3 heterocycles. The molecule has 4 aromatic rings. The van der Waals surface area contributed by atoms with E-state index in [4.69, 9.17) is 30.9 Å². The van der Waals surface area contributed by atoms with Gasteiger partial charge in [0.1, 0.15) is 24.2 Å². The predicted octanol–water partition coefficient (Wildman–Crippen LogP) is 6.37. The number of halogens is 2. The lowest BCUT2D eigenvalue weighted by molar-refractivity contribution is -0.219. The first-order chi connectivity index (χ1) is 32.9. The third-order valence-electron chi connectivity index (χ3n) is 15.2. The molecule has 18 heteroatoms. The maximum atomic E-state index is 16.9. The van der Waals surface area contributed by atoms with E-state index >= 15 is 4.39 Å². The molecule has 0 bridgehead atoms. The number of hydrogen-bond donors (Lipinski definition) is 5. The highest BCUT2D eigenvalue weighted by molar-refractivity contribution is 6.30. The molecule has 4 fully saturated rings. The number of Topliss-reactive ketones (excluding diaryl/α,β-unsaturated/α-hetero) is 1. The molecule has 0 radical (unpaired) electrons. The molecular weight excluding hydrogens is 927 g/mol. The van der Waals surface area contributed by atoms with E-state index < -0.39 is 64.0 Å². The highest BCUT2D eigenvalue weighted by Gasteiger charge is 2.75. The average molecular weight is 990 g/mol. The fourth-order valence-corrected chi connectivity index (χ4v) is 11.6. The summed E-state index contributed by atoms with van der Waals surface area (Å²) in [6.45, 7) is 11.3. The van der Waals surface area contributed by atoms with Crippen LogP contribution in [-0.2, 0) is 23.9 Å². The number of carbonyl (C=O) groups is 4. The SMILES string of the molecule is CC(C)OC(=O)C(C)(C)Oc1ccc(C(=O)c2ccc(Cl)cc2)cc1.C[C@H]1C[C@H]2[C@@H]3CCC4=CC(=O)C=C[C@]4(C)[C@@]3(F)[C@@H](O)C[C@]2(C)[C@@]1(O)C(=O)CO.O=c1[nH]cnc2c1ncn2[C@H]1CC[C@@H](CO)O1. The van der Waals surface area contributed by atoms with Crippen molar-refractivity contribution in [1.29, 1.82) is 0 Å². The van der Waals surface area contributed by atoms with Crippen molar-refractivity contribution >= 4 is 46.1 Å². The summed E-state index contributed by atoms with van der Waals surface area (Å²) in [4.78, 5) is 70.9. The number of rotatable bonds is 10. The van der Waals surface area contributed by atoms with E-state index in [0.29, 0.717) is 57.9 Å². The number of carbonyl (C=O) groups excluding carboxylic acids is 4. The second kappa shape index (κ2) is 20.0. The molecule has 1 saturated heterocycles. The van der Waals surface area contributed by atoms with E-state index in [1.165, 1.54) is 18.5 Å². The van der Waals surface area contributed by atoms with Crippen molar-refractivity contribution < 1.29 is 58.2 Å². The third-order valence-corrected chi connectivity index (χ3v) is 15.4. The smallest absolute Gasteiger partial charge is 0.350 e. The van der Waals surface area contributed by atoms with Gasteiger partial charge in [-0.1, -0.05) is 37.1 Å². The quantitative estimate of drug-likeness (QED) is 0.0858. The maximum absolute atomic E-state index is 16.9. The molecule has 5 N–H and O–H groups in total. The van der Waals surface area contributed by atoms with Crippen molar-refractivity contribution in [2.45, 2.75) is 128 Å². The zero-order chi connectivity index (χ0) is 51.1. The number of imidazole rings is 1. The Morgan fingerprint density at radius 2 is 1.66 bits per heavy atom. The Morgan fingerprint density at radius 3 is 2.27 bits per heavy atom. The molecular formula is C52H62ClFN4O12. The summed E-state index contributed by atoms with van der Waals surface area (Å²) in [5.74, 6) is -2.18. The van der Waals surface area contributed by atoms with Crippen LogP contribution in [0.2, 0.25) is 5.02 Å². The number of ketones is 3. The standard InChI is InChI=1S/C22H29FO5.C20H21ClO4.C10H12N4O3/c1-12-8-16-15-5-4-13-9-14(25)6-7-19(13,2)21(15,23)17(26)10-20(16,3)22(12,28)18(27)11-24;1-13(2)24-19(23)20(3,4)25-17-11-7-15(8-12-17)18(22)14-5-9-16(21)10-6-14;15-3-6-1-2-7(17-6)14-5-13-8-9(14)11-4-12-10(8)16/h6-7,9,12,15-17,24,26,28H,4-5,8,10-11H2,1-3H3;5-13H,1-4H3;4-7,15H,1-3H2,(H,11,12,16)/t12-,15-,16-,17-,19-,20-,21-,22-;;6-,7+/m0.0/s1. The minimum absolute atomic E-state index is 0.0111. The van der Waals surface area contributed by atoms with Crippen LogP contribution in [0.3, 0.4) is 0 Å². The molecule has 0 spiro atoms. The maximum Gasteiger partial charge on any atom is 0.350 e. The number of alkyl halides is 1. The highest BCUT2D eigenvalue weighted by Crippen LogP contribution is 2.70.